The van der Waals surface area contributed by atoms with Crippen LogP contribution in [0.25, 0.3) is 0 Å². The van der Waals surface area contributed by atoms with Crippen LogP contribution in [-0.2, 0) is 6.18 Å². The van der Waals surface area contributed by atoms with Crippen molar-refractivity contribution in [1.29, 1.82) is 0 Å². The van der Waals surface area contributed by atoms with Gasteiger partial charge in [0.05, 0.1) is 5.56 Å². The van der Waals surface area contributed by atoms with E-state index < -0.39 is 11.7 Å². The van der Waals surface area contributed by atoms with E-state index in [1.54, 1.807) is 0 Å². The number of pyridine rings is 1. The molecule has 1 rings (SSSR count). The first-order chi connectivity index (χ1) is 7.93. The molecule has 0 fully saturated rings. The van der Waals surface area contributed by atoms with Gasteiger partial charge in [0.15, 0.2) is 0 Å². The predicted molar refractivity (Wildman–Crippen MR) is 58.6 cm³/mol. The van der Waals surface area contributed by atoms with Crippen molar-refractivity contribution in [2.75, 3.05) is 18.5 Å². The smallest absolute Gasteiger partial charge is 0.396 e. The zero-order chi connectivity index (χ0) is 12.9. The van der Waals surface area contributed by atoms with Gasteiger partial charge in [-0.2, -0.15) is 13.2 Å². The summed E-state index contributed by atoms with van der Waals surface area (Å²) < 4.78 is 36.7. The molecule has 0 aliphatic carbocycles. The van der Waals surface area contributed by atoms with Gasteiger partial charge in [-0.05, 0) is 24.5 Å². The van der Waals surface area contributed by atoms with Gasteiger partial charge in [0, 0.05) is 19.3 Å². The van der Waals surface area contributed by atoms with Crippen LogP contribution in [0.2, 0.25) is 0 Å². The molecule has 0 amide bonds. The summed E-state index contributed by atoms with van der Waals surface area (Å²) in [7, 11) is 0. The highest BCUT2D eigenvalue weighted by molar-refractivity contribution is 5.36. The summed E-state index contributed by atoms with van der Waals surface area (Å²) in [5.41, 5.74) is -0.758. The Morgan fingerprint density at radius 3 is 2.59 bits per heavy atom. The van der Waals surface area contributed by atoms with Crippen molar-refractivity contribution >= 4 is 5.82 Å². The van der Waals surface area contributed by atoms with Crippen LogP contribution < -0.4 is 5.32 Å². The monoisotopic (exact) mass is 248 g/mol. The second-order valence-corrected chi connectivity index (χ2v) is 3.93. The van der Waals surface area contributed by atoms with Crippen molar-refractivity contribution < 1.29 is 18.3 Å². The Bertz CT molecular complexity index is 338. The second-order valence-electron chi connectivity index (χ2n) is 3.93. The Labute approximate surface area is 97.7 Å². The molecule has 1 unspecified atom stereocenters. The maximum absolute atomic E-state index is 12.2. The number of aromatic nitrogens is 1. The molecule has 3 nitrogen and oxygen atoms in total. The van der Waals surface area contributed by atoms with Gasteiger partial charge in [0.2, 0.25) is 0 Å². The quantitative estimate of drug-likeness (QED) is 0.841. The van der Waals surface area contributed by atoms with E-state index in [1.165, 1.54) is 6.07 Å². The van der Waals surface area contributed by atoms with Crippen LogP contribution in [0.4, 0.5) is 19.0 Å². The molecule has 1 heterocycles. The Morgan fingerprint density at radius 2 is 2.12 bits per heavy atom. The highest BCUT2D eigenvalue weighted by Gasteiger charge is 2.30. The Balaban J connectivity index is 2.51. The fraction of sp³-hybridized carbons (Fsp3) is 0.545. The SMILES string of the molecule is CC(CCO)CNc1ccc(C(F)(F)F)cn1. The minimum Gasteiger partial charge on any atom is -0.396 e. The molecule has 96 valence electrons. The van der Waals surface area contributed by atoms with E-state index >= 15 is 0 Å². The highest BCUT2D eigenvalue weighted by atomic mass is 19.4. The van der Waals surface area contributed by atoms with Gasteiger partial charge in [0.1, 0.15) is 5.82 Å². The maximum Gasteiger partial charge on any atom is 0.417 e. The molecule has 1 aromatic rings. The highest BCUT2D eigenvalue weighted by Crippen LogP contribution is 2.28. The van der Waals surface area contributed by atoms with Crippen molar-refractivity contribution in [2.24, 2.45) is 5.92 Å². The lowest BCUT2D eigenvalue weighted by atomic mass is 10.1. The number of aliphatic hydroxyl groups excluding tert-OH is 1. The van der Waals surface area contributed by atoms with Crippen molar-refractivity contribution in [3.63, 3.8) is 0 Å². The van der Waals surface area contributed by atoms with Gasteiger partial charge >= 0.3 is 6.18 Å². The minimum absolute atomic E-state index is 0.100. The first-order valence-corrected chi connectivity index (χ1v) is 5.31. The summed E-state index contributed by atoms with van der Waals surface area (Å²) in [6.45, 7) is 2.61. The van der Waals surface area contributed by atoms with Crippen molar-refractivity contribution in [1.82, 2.24) is 4.98 Å². The molecular formula is C11H15F3N2O. The first-order valence-electron chi connectivity index (χ1n) is 5.31. The lowest BCUT2D eigenvalue weighted by Crippen LogP contribution is -2.14. The summed E-state index contributed by atoms with van der Waals surface area (Å²) in [5, 5.41) is 11.6. The summed E-state index contributed by atoms with van der Waals surface area (Å²) in [4.78, 5) is 3.68. The van der Waals surface area contributed by atoms with E-state index in [0.29, 0.717) is 18.8 Å². The first kappa shape index (κ1) is 13.8. The number of alkyl halides is 3. The molecule has 0 radical (unpaired) electrons. The van der Waals surface area contributed by atoms with Crippen LogP contribution in [0.3, 0.4) is 0 Å². The Morgan fingerprint density at radius 1 is 1.41 bits per heavy atom. The third kappa shape index (κ3) is 4.60. The van der Waals surface area contributed by atoms with Crippen LogP contribution in [0.1, 0.15) is 18.9 Å². The minimum atomic E-state index is -4.35. The summed E-state index contributed by atoms with van der Waals surface area (Å²) in [6, 6.07) is 2.29. The molecule has 0 spiro atoms. The maximum atomic E-state index is 12.2. The molecular weight excluding hydrogens is 233 g/mol. The molecule has 0 aliphatic heterocycles. The molecule has 0 saturated carbocycles. The van der Waals surface area contributed by atoms with Crippen molar-refractivity contribution in [2.45, 2.75) is 19.5 Å². The molecule has 2 N–H and O–H groups in total. The largest absolute Gasteiger partial charge is 0.417 e. The third-order valence-electron chi connectivity index (χ3n) is 2.34. The average Bonchev–Trinajstić information content (AvgIpc) is 2.26. The molecule has 6 heteroatoms. The fourth-order valence-electron chi connectivity index (χ4n) is 1.27. The molecule has 1 aromatic heterocycles. The zero-order valence-corrected chi connectivity index (χ0v) is 9.46. The number of hydrogen-bond donors (Lipinski definition) is 2. The van der Waals surface area contributed by atoms with Crippen LogP contribution in [0.5, 0.6) is 0 Å². The molecule has 0 aliphatic rings. The number of nitrogens with one attached hydrogen (secondary N) is 1. The van der Waals surface area contributed by atoms with E-state index in [4.69, 9.17) is 5.11 Å². The Kier molecular flexibility index (Phi) is 4.74. The molecule has 0 bridgehead atoms. The average molecular weight is 248 g/mol. The predicted octanol–water partition coefficient (Wildman–Crippen LogP) is 2.53. The van der Waals surface area contributed by atoms with Crippen LogP contribution in [0.15, 0.2) is 18.3 Å². The van der Waals surface area contributed by atoms with Crippen LogP contribution in [0, 0.1) is 5.92 Å². The summed E-state index contributed by atoms with van der Waals surface area (Å²) in [5.74, 6) is 0.645. The third-order valence-corrected chi connectivity index (χ3v) is 2.34. The summed E-state index contributed by atoms with van der Waals surface area (Å²) >= 11 is 0. The van der Waals surface area contributed by atoms with Gasteiger partial charge in [-0.25, -0.2) is 4.98 Å². The number of rotatable bonds is 5. The van der Waals surface area contributed by atoms with Gasteiger partial charge in [-0.15, -0.1) is 0 Å². The van der Waals surface area contributed by atoms with Crippen molar-refractivity contribution in [3.8, 4) is 0 Å². The second kappa shape index (κ2) is 5.86. The Hall–Kier alpha value is -1.30. The van der Waals surface area contributed by atoms with Gasteiger partial charge in [-0.1, -0.05) is 6.92 Å². The fourth-order valence-corrected chi connectivity index (χ4v) is 1.27. The van der Waals surface area contributed by atoms with Crippen LogP contribution >= 0.6 is 0 Å². The number of hydrogen-bond acceptors (Lipinski definition) is 3. The molecule has 17 heavy (non-hydrogen) atoms. The zero-order valence-electron chi connectivity index (χ0n) is 9.46. The lowest BCUT2D eigenvalue weighted by Gasteiger charge is -2.12. The molecule has 1 atom stereocenters. The number of aliphatic hydroxyl groups is 1. The van der Waals surface area contributed by atoms with Gasteiger partial charge in [-0.3, -0.25) is 0 Å². The van der Waals surface area contributed by atoms with Crippen LogP contribution in [-0.4, -0.2) is 23.2 Å². The van der Waals surface area contributed by atoms with Crippen molar-refractivity contribution in [3.05, 3.63) is 23.9 Å². The van der Waals surface area contributed by atoms with E-state index in [0.717, 1.165) is 12.3 Å². The van der Waals surface area contributed by atoms with E-state index in [-0.39, 0.29) is 12.5 Å². The van der Waals surface area contributed by atoms with Gasteiger partial charge in [0.25, 0.3) is 0 Å². The van der Waals surface area contributed by atoms with E-state index in [2.05, 4.69) is 10.3 Å². The van der Waals surface area contributed by atoms with E-state index in [9.17, 15) is 13.2 Å². The molecule has 0 saturated heterocycles. The normalized spacial score (nSPS) is 13.5. The number of halogens is 3. The lowest BCUT2D eigenvalue weighted by molar-refractivity contribution is -0.137. The number of nitrogens with zero attached hydrogens (tertiary/aromatic N) is 1. The number of anilines is 1. The standard InChI is InChI=1S/C11H15F3N2O/c1-8(4-5-17)6-15-10-3-2-9(7-16-10)11(12,13)14/h2-3,7-8,17H,4-6H2,1H3,(H,15,16). The molecule has 0 aromatic carbocycles. The van der Waals surface area contributed by atoms with E-state index in [1.807, 2.05) is 6.92 Å². The topological polar surface area (TPSA) is 45.1 Å². The van der Waals surface area contributed by atoms with Gasteiger partial charge < -0.3 is 10.4 Å². The summed E-state index contributed by atoms with van der Waals surface area (Å²) in [6.07, 6.45) is -2.90.